The molecule has 1 saturated heterocycles. The predicted octanol–water partition coefficient (Wildman–Crippen LogP) is 2.46. The van der Waals surface area contributed by atoms with Crippen LogP contribution in [-0.2, 0) is 4.74 Å². The van der Waals surface area contributed by atoms with Gasteiger partial charge < -0.3 is 4.74 Å². The summed E-state index contributed by atoms with van der Waals surface area (Å²) in [6.07, 6.45) is 0.386. The van der Waals surface area contributed by atoms with Gasteiger partial charge >= 0.3 is 0 Å². The molecule has 70 valence electrons. The first-order valence-corrected chi connectivity index (χ1v) is 5.19. The standard InChI is InChI=1S/C10H12BrNO/c1-7-6-12-10(13-7)8-2-4-9(11)5-3-8/h2-5,7,10,12H,6H2,1H3. The molecule has 2 unspecified atom stereocenters. The summed E-state index contributed by atoms with van der Waals surface area (Å²) >= 11 is 3.40. The molecule has 0 bridgehead atoms. The summed E-state index contributed by atoms with van der Waals surface area (Å²) in [5.41, 5.74) is 1.19. The van der Waals surface area contributed by atoms with E-state index < -0.39 is 0 Å². The van der Waals surface area contributed by atoms with Crippen molar-refractivity contribution < 1.29 is 4.74 Å². The Bertz CT molecular complexity index is 285. The lowest BCUT2D eigenvalue weighted by molar-refractivity contribution is 0.0510. The second-order valence-corrected chi connectivity index (χ2v) is 4.20. The highest BCUT2D eigenvalue weighted by molar-refractivity contribution is 9.10. The number of nitrogens with one attached hydrogen (secondary N) is 1. The van der Waals surface area contributed by atoms with Gasteiger partial charge in [0, 0.05) is 11.0 Å². The van der Waals surface area contributed by atoms with E-state index in [1.54, 1.807) is 0 Å². The Hall–Kier alpha value is -0.380. The second-order valence-electron chi connectivity index (χ2n) is 3.29. The van der Waals surface area contributed by atoms with Crippen molar-refractivity contribution in [2.24, 2.45) is 0 Å². The fourth-order valence-corrected chi connectivity index (χ4v) is 1.70. The normalized spacial score (nSPS) is 27.8. The number of benzene rings is 1. The Kier molecular flexibility index (Phi) is 2.67. The van der Waals surface area contributed by atoms with Gasteiger partial charge in [0.2, 0.25) is 0 Å². The van der Waals surface area contributed by atoms with E-state index in [4.69, 9.17) is 4.74 Å². The Morgan fingerprint density at radius 1 is 1.38 bits per heavy atom. The van der Waals surface area contributed by atoms with Crippen LogP contribution in [0.3, 0.4) is 0 Å². The van der Waals surface area contributed by atoms with Gasteiger partial charge in [0.15, 0.2) is 0 Å². The van der Waals surface area contributed by atoms with Crippen LogP contribution in [0.2, 0.25) is 0 Å². The minimum absolute atomic E-state index is 0.0723. The van der Waals surface area contributed by atoms with E-state index in [2.05, 4.69) is 40.3 Å². The van der Waals surface area contributed by atoms with Crippen LogP contribution >= 0.6 is 15.9 Å². The molecule has 0 radical (unpaired) electrons. The molecule has 1 aliphatic heterocycles. The maximum absolute atomic E-state index is 5.66. The van der Waals surface area contributed by atoms with Crippen LogP contribution in [0.15, 0.2) is 28.7 Å². The van der Waals surface area contributed by atoms with Crippen molar-refractivity contribution in [2.75, 3.05) is 6.54 Å². The molecule has 2 rings (SSSR count). The third-order valence-corrected chi connectivity index (χ3v) is 2.66. The minimum atomic E-state index is 0.0723. The van der Waals surface area contributed by atoms with E-state index in [1.165, 1.54) is 5.56 Å². The van der Waals surface area contributed by atoms with Crippen molar-refractivity contribution in [2.45, 2.75) is 19.3 Å². The van der Waals surface area contributed by atoms with Gasteiger partial charge in [0.25, 0.3) is 0 Å². The van der Waals surface area contributed by atoms with Crippen LogP contribution in [0.4, 0.5) is 0 Å². The summed E-state index contributed by atoms with van der Waals surface area (Å²) in [5.74, 6) is 0. The number of hydrogen-bond donors (Lipinski definition) is 1. The molecule has 1 heterocycles. The molecule has 0 amide bonds. The molecule has 1 aromatic carbocycles. The average Bonchev–Trinajstić information content (AvgIpc) is 2.53. The topological polar surface area (TPSA) is 21.3 Å². The first-order valence-electron chi connectivity index (χ1n) is 4.40. The molecule has 3 heteroatoms. The average molecular weight is 242 g/mol. The fraction of sp³-hybridized carbons (Fsp3) is 0.400. The Morgan fingerprint density at radius 3 is 2.62 bits per heavy atom. The van der Waals surface area contributed by atoms with Gasteiger partial charge in [0.05, 0.1) is 6.10 Å². The quantitative estimate of drug-likeness (QED) is 0.816. The summed E-state index contributed by atoms with van der Waals surface area (Å²) in [5, 5.41) is 3.30. The van der Waals surface area contributed by atoms with Crippen LogP contribution in [0.5, 0.6) is 0 Å². The van der Waals surface area contributed by atoms with Crippen molar-refractivity contribution in [3.05, 3.63) is 34.3 Å². The van der Waals surface area contributed by atoms with Gasteiger partial charge in [0.1, 0.15) is 6.23 Å². The maximum Gasteiger partial charge on any atom is 0.134 e. The highest BCUT2D eigenvalue weighted by Gasteiger charge is 2.21. The highest BCUT2D eigenvalue weighted by atomic mass is 79.9. The number of hydrogen-bond acceptors (Lipinski definition) is 2. The lowest BCUT2D eigenvalue weighted by Gasteiger charge is -2.10. The van der Waals surface area contributed by atoms with Crippen molar-refractivity contribution >= 4 is 15.9 Å². The van der Waals surface area contributed by atoms with E-state index >= 15 is 0 Å². The SMILES string of the molecule is CC1CNC(c2ccc(Br)cc2)O1. The zero-order valence-corrected chi connectivity index (χ0v) is 9.04. The summed E-state index contributed by atoms with van der Waals surface area (Å²) in [7, 11) is 0. The van der Waals surface area contributed by atoms with E-state index in [1.807, 2.05) is 12.1 Å². The first-order chi connectivity index (χ1) is 6.25. The lowest BCUT2D eigenvalue weighted by atomic mass is 10.2. The summed E-state index contributed by atoms with van der Waals surface area (Å²) in [6, 6.07) is 8.20. The van der Waals surface area contributed by atoms with Gasteiger partial charge in [-0.3, -0.25) is 5.32 Å². The third-order valence-electron chi connectivity index (χ3n) is 2.13. The van der Waals surface area contributed by atoms with Crippen LogP contribution in [-0.4, -0.2) is 12.6 Å². The van der Waals surface area contributed by atoms with Crippen LogP contribution < -0.4 is 5.32 Å². The molecule has 0 spiro atoms. The van der Waals surface area contributed by atoms with Crippen molar-refractivity contribution in [1.29, 1.82) is 0 Å². The molecule has 1 aromatic rings. The molecule has 0 aromatic heterocycles. The van der Waals surface area contributed by atoms with E-state index in [-0.39, 0.29) is 6.23 Å². The fourth-order valence-electron chi connectivity index (χ4n) is 1.44. The van der Waals surface area contributed by atoms with Gasteiger partial charge in [-0.25, -0.2) is 0 Å². The minimum Gasteiger partial charge on any atom is -0.355 e. The van der Waals surface area contributed by atoms with Gasteiger partial charge in [-0.1, -0.05) is 28.1 Å². The number of rotatable bonds is 1. The number of ether oxygens (including phenoxy) is 1. The Labute approximate surface area is 86.4 Å². The predicted molar refractivity (Wildman–Crippen MR) is 55.4 cm³/mol. The van der Waals surface area contributed by atoms with Crippen molar-refractivity contribution in [3.63, 3.8) is 0 Å². The first kappa shape index (κ1) is 9.19. The second kappa shape index (κ2) is 3.78. The molecule has 1 N–H and O–H groups in total. The zero-order valence-electron chi connectivity index (χ0n) is 7.46. The van der Waals surface area contributed by atoms with Gasteiger partial charge in [-0.05, 0) is 24.6 Å². The summed E-state index contributed by atoms with van der Waals surface area (Å²) in [6.45, 7) is 3.01. The summed E-state index contributed by atoms with van der Waals surface area (Å²) < 4.78 is 6.76. The molecule has 1 aliphatic rings. The Balaban J connectivity index is 2.13. The molecule has 2 atom stereocenters. The molecule has 0 aliphatic carbocycles. The lowest BCUT2D eigenvalue weighted by Crippen LogP contribution is -2.14. The molecular formula is C10H12BrNO. The van der Waals surface area contributed by atoms with Crippen molar-refractivity contribution in [1.82, 2.24) is 5.32 Å². The van der Waals surface area contributed by atoms with Crippen LogP contribution in [0.25, 0.3) is 0 Å². The highest BCUT2D eigenvalue weighted by Crippen LogP contribution is 2.22. The van der Waals surface area contributed by atoms with Crippen LogP contribution in [0, 0.1) is 0 Å². The van der Waals surface area contributed by atoms with E-state index in [0.717, 1.165) is 11.0 Å². The molecular weight excluding hydrogens is 230 g/mol. The van der Waals surface area contributed by atoms with Crippen LogP contribution in [0.1, 0.15) is 18.7 Å². The van der Waals surface area contributed by atoms with Gasteiger partial charge in [-0.15, -0.1) is 0 Å². The number of halogens is 1. The van der Waals surface area contributed by atoms with E-state index in [9.17, 15) is 0 Å². The molecule has 0 saturated carbocycles. The molecule has 13 heavy (non-hydrogen) atoms. The monoisotopic (exact) mass is 241 g/mol. The smallest absolute Gasteiger partial charge is 0.134 e. The summed E-state index contributed by atoms with van der Waals surface area (Å²) in [4.78, 5) is 0. The maximum atomic E-state index is 5.66. The Morgan fingerprint density at radius 2 is 2.08 bits per heavy atom. The largest absolute Gasteiger partial charge is 0.355 e. The van der Waals surface area contributed by atoms with Crippen molar-refractivity contribution in [3.8, 4) is 0 Å². The molecule has 1 fully saturated rings. The third kappa shape index (κ3) is 2.10. The molecule has 2 nitrogen and oxygen atoms in total. The van der Waals surface area contributed by atoms with E-state index in [0.29, 0.717) is 6.10 Å². The zero-order chi connectivity index (χ0) is 9.26. The van der Waals surface area contributed by atoms with Gasteiger partial charge in [-0.2, -0.15) is 0 Å².